The van der Waals surface area contributed by atoms with E-state index in [9.17, 15) is 14.0 Å². The number of hydrogen-bond donors (Lipinski definition) is 4. The van der Waals surface area contributed by atoms with Gasteiger partial charge in [-0.25, -0.2) is 9.18 Å². The fourth-order valence-electron chi connectivity index (χ4n) is 3.68. The highest BCUT2D eigenvalue weighted by Crippen LogP contribution is 2.32. The van der Waals surface area contributed by atoms with Gasteiger partial charge >= 0.3 is 6.03 Å². The van der Waals surface area contributed by atoms with Crippen molar-refractivity contribution in [2.24, 2.45) is 0 Å². The Hall–Kier alpha value is -1.86. The molecule has 0 radical (unpaired) electrons. The lowest BCUT2D eigenvalue weighted by Gasteiger charge is -2.29. The Morgan fingerprint density at radius 3 is 2.69 bits per heavy atom. The molecule has 0 unspecified atom stereocenters. The second-order valence-corrected chi connectivity index (χ2v) is 6.72. The molecule has 0 aromatic heterocycles. The Labute approximate surface area is 159 Å². The van der Waals surface area contributed by atoms with Gasteiger partial charge in [0.2, 0.25) is 5.91 Å². The van der Waals surface area contributed by atoms with E-state index in [1.807, 2.05) is 13.0 Å². The van der Waals surface area contributed by atoms with Crippen molar-refractivity contribution in [2.75, 3.05) is 18.4 Å². The number of rotatable bonds is 4. The Bertz CT molecular complexity index is 677. The summed E-state index contributed by atoms with van der Waals surface area (Å²) in [5.41, 5.74) is 0.810. The number of amides is 3. The van der Waals surface area contributed by atoms with E-state index >= 15 is 0 Å². The molecule has 3 amide bonds. The Balaban J connectivity index is 0.00000243. The second kappa shape index (κ2) is 8.68. The van der Waals surface area contributed by atoms with Crippen LogP contribution in [0.5, 0.6) is 0 Å². The summed E-state index contributed by atoms with van der Waals surface area (Å²) in [6.07, 6.45) is 3.45. The molecule has 0 spiro atoms. The molecule has 3 rings (SSSR count). The van der Waals surface area contributed by atoms with Crippen LogP contribution >= 0.6 is 12.4 Å². The normalized spacial score (nSPS) is 17.6. The van der Waals surface area contributed by atoms with E-state index in [0.29, 0.717) is 37.9 Å². The minimum absolute atomic E-state index is 0. The van der Waals surface area contributed by atoms with Crippen molar-refractivity contribution in [2.45, 2.75) is 51.1 Å². The fourth-order valence-corrected chi connectivity index (χ4v) is 3.68. The number of hydrogen-bond acceptors (Lipinski definition) is 3. The molecule has 6 nitrogen and oxygen atoms in total. The summed E-state index contributed by atoms with van der Waals surface area (Å²) >= 11 is 0. The molecule has 1 aliphatic heterocycles. The second-order valence-electron chi connectivity index (χ2n) is 6.72. The third-order valence-electron chi connectivity index (χ3n) is 5.04. The van der Waals surface area contributed by atoms with Crippen LogP contribution in [0.25, 0.3) is 0 Å². The van der Waals surface area contributed by atoms with Crippen molar-refractivity contribution in [3.8, 4) is 0 Å². The summed E-state index contributed by atoms with van der Waals surface area (Å²) in [5, 5.41) is 11.4. The molecular formula is C18H26ClFN4O2. The van der Waals surface area contributed by atoms with Gasteiger partial charge in [0, 0.05) is 13.1 Å². The lowest BCUT2D eigenvalue weighted by atomic mass is 9.95. The van der Waals surface area contributed by atoms with Gasteiger partial charge < -0.3 is 21.3 Å². The zero-order valence-electron chi connectivity index (χ0n) is 14.9. The monoisotopic (exact) mass is 384 g/mol. The first kappa shape index (κ1) is 20.5. The zero-order chi connectivity index (χ0) is 17.9. The molecule has 0 saturated heterocycles. The van der Waals surface area contributed by atoms with Gasteiger partial charge in [-0.3, -0.25) is 4.79 Å². The fraction of sp³-hybridized carbons (Fsp3) is 0.556. The standard InChI is InChI=1S/C18H25FN4O2.ClH/c1-2-21-17(25)23-18(8-3-4-9-18)16(24)22-14-6-5-12-11-20-10-7-13(12)15(14)19;/h5-6,20H,2-4,7-11H2,1H3,(H,22,24)(H2,21,23,25);1H. The zero-order valence-corrected chi connectivity index (χ0v) is 15.7. The van der Waals surface area contributed by atoms with Crippen LogP contribution in [0.15, 0.2) is 12.1 Å². The maximum Gasteiger partial charge on any atom is 0.315 e. The van der Waals surface area contributed by atoms with Crippen molar-refractivity contribution in [3.05, 3.63) is 29.1 Å². The highest BCUT2D eigenvalue weighted by molar-refractivity contribution is 6.00. The highest BCUT2D eigenvalue weighted by atomic mass is 35.5. The molecule has 0 atom stereocenters. The van der Waals surface area contributed by atoms with Gasteiger partial charge in [0.25, 0.3) is 0 Å². The van der Waals surface area contributed by atoms with Crippen LogP contribution < -0.4 is 21.3 Å². The van der Waals surface area contributed by atoms with E-state index < -0.39 is 5.54 Å². The van der Waals surface area contributed by atoms with Crippen LogP contribution in [0.2, 0.25) is 0 Å². The van der Waals surface area contributed by atoms with E-state index in [1.54, 1.807) is 6.07 Å². The van der Waals surface area contributed by atoms with E-state index in [1.165, 1.54) is 0 Å². The quantitative estimate of drug-likeness (QED) is 0.643. The molecule has 0 bridgehead atoms. The van der Waals surface area contributed by atoms with Crippen molar-refractivity contribution in [3.63, 3.8) is 0 Å². The van der Waals surface area contributed by atoms with Crippen LogP contribution in [0.4, 0.5) is 14.9 Å². The predicted molar refractivity (Wildman–Crippen MR) is 101 cm³/mol. The number of carbonyl (C=O) groups is 2. The lowest BCUT2D eigenvalue weighted by molar-refractivity contribution is -0.121. The minimum Gasteiger partial charge on any atom is -0.338 e. The average molecular weight is 385 g/mol. The summed E-state index contributed by atoms with van der Waals surface area (Å²) in [4.78, 5) is 24.8. The van der Waals surface area contributed by atoms with Gasteiger partial charge in [0.15, 0.2) is 0 Å². The molecule has 4 N–H and O–H groups in total. The Morgan fingerprint density at radius 1 is 1.27 bits per heavy atom. The number of nitrogens with one attached hydrogen (secondary N) is 4. The molecule has 2 aliphatic rings. The molecule has 1 aromatic rings. The predicted octanol–water partition coefficient (Wildman–Crippen LogP) is 2.46. The van der Waals surface area contributed by atoms with Crippen LogP contribution in [0.3, 0.4) is 0 Å². The van der Waals surface area contributed by atoms with E-state index in [-0.39, 0.29) is 35.8 Å². The summed E-state index contributed by atoms with van der Waals surface area (Å²) < 4.78 is 14.8. The van der Waals surface area contributed by atoms with Crippen molar-refractivity contribution in [1.29, 1.82) is 0 Å². The van der Waals surface area contributed by atoms with Crippen LogP contribution in [0, 0.1) is 5.82 Å². The molecule has 1 aliphatic carbocycles. The summed E-state index contributed by atoms with van der Waals surface area (Å²) in [5.74, 6) is -0.706. The highest BCUT2D eigenvalue weighted by Gasteiger charge is 2.42. The number of halogens is 2. The number of urea groups is 1. The maximum absolute atomic E-state index is 14.8. The molecule has 1 fully saturated rings. The minimum atomic E-state index is -0.969. The summed E-state index contributed by atoms with van der Waals surface area (Å²) in [6, 6.07) is 3.09. The van der Waals surface area contributed by atoms with Crippen LogP contribution in [-0.4, -0.2) is 30.6 Å². The molecule has 1 heterocycles. The Morgan fingerprint density at radius 2 is 2.00 bits per heavy atom. The largest absolute Gasteiger partial charge is 0.338 e. The van der Waals surface area contributed by atoms with E-state index in [4.69, 9.17) is 0 Å². The van der Waals surface area contributed by atoms with Crippen molar-refractivity contribution in [1.82, 2.24) is 16.0 Å². The number of fused-ring (bicyclic) bond motifs is 1. The molecule has 26 heavy (non-hydrogen) atoms. The van der Waals surface area contributed by atoms with Crippen molar-refractivity contribution < 1.29 is 14.0 Å². The first-order valence-electron chi connectivity index (χ1n) is 8.94. The van der Waals surface area contributed by atoms with Crippen LogP contribution in [0.1, 0.15) is 43.7 Å². The third kappa shape index (κ3) is 4.10. The van der Waals surface area contributed by atoms with Gasteiger partial charge in [0.1, 0.15) is 11.4 Å². The third-order valence-corrected chi connectivity index (χ3v) is 5.04. The topological polar surface area (TPSA) is 82.3 Å². The maximum atomic E-state index is 14.8. The smallest absolute Gasteiger partial charge is 0.315 e. The first-order chi connectivity index (χ1) is 12.1. The van der Waals surface area contributed by atoms with Crippen LogP contribution in [-0.2, 0) is 17.8 Å². The first-order valence-corrected chi connectivity index (χ1v) is 8.94. The molecule has 1 aromatic carbocycles. The van der Waals surface area contributed by atoms with Gasteiger partial charge in [0.05, 0.1) is 5.69 Å². The number of benzene rings is 1. The van der Waals surface area contributed by atoms with E-state index in [0.717, 1.165) is 24.9 Å². The lowest BCUT2D eigenvalue weighted by Crippen LogP contribution is -2.57. The average Bonchev–Trinajstić information content (AvgIpc) is 3.07. The molecular weight excluding hydrogens is 359 g/mol. The number of anilines is 1. The van der Waals surface area contributed by atoms with Gasteiger partial charge in [-0.15, -0.1) is 12.4 Å². The summed E-state index contributed by atoms with van der Waals surface area (Å²) in [7, 11) is 0. The van der Waals surface area contributed by atoms with Gasteiger partial charge in [-0.2, -0.15) is 0 Å². The van der Waals surface area contributed by atoms with Gasteiger partial charge in [-0.1, -0.05) is 18.9 Å². The van der Waals surface area contributed by atoms with Gasteiger partial charge in [-0.05, 0) is 49.9 Å². The molecule has 1 saturated carbocycles. The SMILES string of the molecule is CCNC(=O)NC1(C(=O)Nc2ccc3c(c2F)CCNC3)CCCC1.Cl. The molecule has 8 heteroatoms. The van der Waals surface area contributed by atoms with E-state index in [2.05, 4.69) is 21.3 Å². The summed E-state index contributed by atoms with van der Waals surface area (Å²) in [6.45, 7) is 3.67. The number of carbonyl (C=O) groups excluding carboxylic acids is 2. The molecule has 144 valence electrons. The van der Waals surface area contributed by atoms with Crippen molar-refractivity contribution >= 4 is 30.0 Å². The Kier molecular flexibility index (Phi) is 6.83.